The summed E-state index contributed by atoms with van der Waals surface area (Å²) in [7, 11) is 0. The number of rotatable bonds is 8. The van der Waals surface area contributed by atoms with Crippen molar-refractivity contribution in [3.8, 4) is 0 Å². The summed E-state index contributed by atoms with van der Waals surface area (Å²) in [5.41, 5.74) is 15.1. The van der Waals surface area contributed by atoms with E-state index in [0.717, 1.165) is 12.8 Å². The van der Waals surface area contributed by atoms with Crippen LogP contribution in [0.3, 0.4) is 0 Å². The maximum atomic E-state index is 4.11. The second-order valence-electron chi connectivity index (χ2n) is 11.4. The van der Waals surface area contributed by atoms with Gasteiger partial charge in [0.2, 0.25) is 0 Å². The fraction of sp³-hybridized carbons (Fsp3) is 0.361. The van der Waals surface area contributed by atoms with E-state index in [-0.39, 0.29) is 5.41 Å². The molecule has 0 heteroatoms. The first kappa shape index (κ1) is 24.6. The second-order valence-corrected chi connectivity index (χ2v) is 11.4. The molecule has 5 rings (SSSR count). The summed E-state index contributed by atoms with van der Waals surface area (Å²) < 4.78 is 0. The van der Waals surface area contributed by atoms with Gasteiger partial charge in [-0.2, -0.15) is 0 Å². The number of fused-ring (bicyclic) bond motifs is 2. The summed E-state index contributed by atoms with van der Waals surface area (Å²) in [4.78, 5) is 0. The van der Waals surface area contributed by atoms with Crippen molar-refractivity contribution in [3.63, 3.8) is 0 Å². The molecule has 1 fully saturated rings. The molecule has 2 aliphatic carbocycles. The van der Waals surface area contributed by atoms with E-state index < -0.39 is 0 Å². The first-order valence-electron chi connectivity index (χ1n) is 13.9. The van der Waals surface area contributed by atoms with Crippen LogP contribution < -0.4 is 10.4 Å². The molecule has 3 aromatic rings. The van der Waals surface area contributed by atoms with Crippen LogP contribution in [0.2, 0.25) is 0 Å². The summed E-state index contributed by atoms with van der Waals surface area (Å²) in [5, 5.41) is 2.86. The topological polar surface area (TPSA) is 0 Å². The van der Waals surface area contributed by atoms with Gasteiger partial charge in [-0.15, -0.1) is 5.73 Å². The van der Waals surface area contributed by atoms with Crippen molar-refractivity contribution in [1.29, 1.82) is 0 Å². The van der Waals surface area contributed by atoms with E-state index in [1.807, 2.05) is 0 Å². The Kier molecular flexibility index (Phi) is 6.67. The quantitative estimate of drug-likeness (QED) is 0.228. The molecular weight excluding hydrogens is 432 g/mol. The van der Waals surface area contributed by atoms with Gasteiger partial charge in [0.05, 0.1) is 5.41 Å². The molecule has 0 aliphatic heterocycles. The molecule has 0 radical (unpaired) electrons. The standard InChI is InChI=1S/C36H40/c1-7-24(3)20-31(28-16-12-26(5)13-17-28)22-33-35(34-29-10-9-11-30(34)21-29)36(33,23-25(4)8-2)32-18-14-27(6)15-19-32/h9-19,21,24-25H,7-8,20,23H2,1-6H3. The van der Waals surface area contributed by atoms with Gasteiger partial charge in [-0.05, 0) is 77.3 Å². The molecule has 0 saturated heterocycles. The van der Waals surface area contributed by atoms with E-state index in [0.29, 0.717) is 11.8 Å². The molecule has 0 amide bonds. The smallest absolute Gasteiger partial charge is 0.0546 e. The molecule has 0 spiro atoms. The predicted octanol–water partition coefficient (Wildman–Crippen LogP) is 8.03. The summed E-state index contributed by atoms with van der Waals surface area (Å²) >= 11 is 0. The maximum absolute atomic E-state index is 4.11. The Balaban J connectivity index is 1.83. The van der Waals surface area contributed by atoms with Crippen molar-refractivity contribution in [3.05, 3.63) is 116 Å². The molecule has 3 atom stereocenters. The van der Waals surface area contributed by atoms with Gasteiger partial charge in [-0.25, -0.2) is 0 Å². The lowest BCUT2D eigenvalue weighted by Crippen LogP contribution is -2.36. The molecule has 184 valence electrons. The highest BCUT2D eigenvalue weighted by Gasteiger charge is 2.57. The van der Waals surface area contributed by atoms with Crippen LogP contribution in [0.1, 0.15) is 81.2 Å². The first-order chi connectivity index (χ1) is 17.4. The zero-order chi connectivity index (χ0) is 25.4. The SMILES string of the molecule is CCC(C)CC(=C=C1C(=C2c3cccc2c3)C1(CC(C)CC)c1ccc(C)cc1)c1ccc(C)cc1. The molecule has 0 aromatic heterocycles. The van der Waals surface area contributed by atoms with E-state index in [4.69, 9.17) is 0 Å². The Morgan fingerprint density at radius 1 is 0.806 bits per heavy atom. The van der Waals surface area contributed by atoms with E-state index in [1.165, 1.54) is 67.8 Å². The van der Waals surface area contributed by atoms with E-state index in [1.54, 1.807) is 0 Å². The fourth-order valence-electron chi connectivity index (χ4n) is 5.79. The highest BCUT2D eigenvalue weighted by atomic mass is 14.6. The number of hydrogen-bond donors (Lipinski definition) is 0. The average Bonchev–Trinajstić information content (AvgIpc) is 3.49. The highest BCUT2D eigenvalue weighted by Crippen LogP contribution is 2.64. The molecule has 2 aliphatic rings. The van der Waals surface area contributed by atoms with Crippen LogP contribution in [0.5, 0.6) is 0 Å². The Morgan fingerprint density at radius 3 is 2.00 bits per heavy atom. The van der Waals surface area contributed by atoms with Crippen molar-refractivity contribution in [2.24, 2.45) is 11.8 Å². The normalized spacial score (nSPS) is 20.7. The van der Waals surface area contributed by atoms with Crippen molar-refractivity contribution in [1.82, 2.24) is 0 Å². The number of benzene rings is 3. The van der Waals surface area contributed by atoms with Crippen LogP contribution in [0, 0.1) is 25.7 Å². The third-order valence-electron chi connectivity index (χ3n) is 8.55. The van der Waals surface area contributed by atoms with Crippen molar-refractivity contribution < 1.29 is 0 Å². The molecule has 36 heavy (non-hydrogen) atoms. The number of hydrogen-bond acceptors (Lipinski definition) is 0. The van der Waals surface area contributed by atoms with Gasteiger partial charge in [0.1, 0.15) is 0 Å². The minimum atomic E-state index is -0.0480. The zero-order valence-corrected chi connectivity index (χ0v) is 22.9. The molecule has 0 N–H and O–H groups in total. The Labute approximate surface area is 217 Å². The molecule has 3 unspecified atom stereocenters. The summed E-state index contributed by atoms with van der Waals surface area (Å²) in [6, 6.07) is 25.1. The zero-order valence-electron chi connectivity index (χ0n) is 22.9. The van der Waals surface area contributed by atoms with Gasteiger partial charge < -0.3 is 0 Å². The number of allylic oxidation sites excluding steroid dienone is 1. The second kappa shape index (κ2) is 9.76. The van der Waals surface area contributed by atoms with Gasteiger partial charge in [0.15, 0.2) is 0 Å². The van der Waals surface area contributed by atoms with Gasteiger partial charge in [0.25, 0.3) is 0 Å². The fourth-order valence-corrected chi connectivity index (χ4v) is 5.79. The van der Waals surface area contributed by atoms with E-state index in [9.17, 15) is 0 Å². The Bertz CT molecular complexity index is 1460. The highest BCUT2D eigenvalue weighted by molar-refractivity contribution is 6.01. The van der Waals surface area contributed by atoms with Crippen molar-refractivity contribution in [2.75, 3.05) is 0 Å². The van der Waals surface area contributed by atoms with Crippen LogP contribution in [0.25, 0.3) is 17.2 Å². The van der Waals surface area contributed by atoms with Crippen LogP contribution >= 0.6 is 0 Å². The largest absolute Gasteiger partial charge is 0.112 e. The summed E-state index contributed by atoms with van der Waals surface area (Å²) in [6.45, 7) is 13.8. The third-order valence-corrected chi connectivity index (χ3v) is 8.55. The monoisotopic (exact) mass is 472 g/mol. The van der Waals surface area contributed by atoms with Gasteiger partial charge in [-0.3, -0.25) is 0 Å². The lowest BCUT2D eigenvalue weighted by Gasteiger charge is -2.20. The molecule has 0 heterocycles. The summed E-state index contributed by atoms with van der Waals surface area (Å²) in [6.07, 6.45) is 6.91. The molecule has 2 bridgehead atoms. The minimum absolute atomic E-state index is 0.0480. The van der Waals surface area contributed by atoms with Gasteiger partial charge >= 0.3 is 0 Å². The lowest BCUT2D eigenvalue weighted by atomic mass is 9.82. The Hall–Kier alpha value is -3.08. The predicted molar refractivity (Wildman–Crippen MR) is 155 cm³/mol. The van der Waals surface area contributed by atoms with E-state index in [2.05, 4.69) is 120 Å². The summed E-state index contributed by atoms with van der Waals surface area (Å²) in [5.74, 6) is 1.26. The molecule has 3 aromatic carbocycles. The van der Waals surface area contributed by atoms with Gasteiger partial charge in [-0.1, -0.05) is 118 Å². The van der Waals surface area contributed by atoms with Crippen LogP contribution in [-0.2, 0) is 5.41 Å². The Morgan fingerprint density at radius 2 is 1.44 bits per heavy atom. The minimum Gasteiger partial charge on any atom is -0.112 e. The van der Waals surface area contributed by atoms with E-state index >= 15 is 0 Å². The maximum Gasteiger partial charge on any atom is 0.0546 e. The van der Waals surface area contributed by atoms with Crippen LogP contribution in [0.4, 0.5) is 0 Å². The average molecular weight is 473 g/mol. The van der Waals surface area contributed by atoms with Gasteiger partial charge in [0, 0.05) is 11.1 Å². The first-order valence-corrected chi connectivity index (χ1v) is 13.9. The molecular formula is C36H40. The molecule has 1 saturated carbocycles. The van der Waals surface area contributed by atoms with Crippen LogP contribution in [0.15, 0.2) is 78.0 Å². The third kappa shape index (κ3) is 4.33. The van der Waals surface area contributed by atoms with Crippen LogP contribution in [-0.4, -0.2) is 0 Å². The lowest BCUT2D eigenvalue weighted by molar-refractivity contribution is 0.472. The number of aryl methyl sites for hydroxylation is 2. The van der Waals surface area contributed by atoms with Crippen molar-refractivity contribution in [2.45, 2.75) is 72.6 Å². The van der Waals surface area contributed by atoms with Crippen molar-refractivity contribution >= 4 is 17.2 Å². The molecule has 0 nitrogen and oxygen atoms in total.